The lowest BCUT2D eigenvalue weighted by molar-refractivity contribution is -0.478. The number of nitrogens with one attached hydrogen (secondary N) is 1. The maximum absolute atomic E-state index is 11.2. The van der Waals surface area contributed by atoms with Gasteiger partial charge < -0.3 is 5.32 Å². The molecular formula is C10H12N2O3. The first-order valence-electron chi connectivity index (χ1n) is 4.56. The lowest BCUT2D eigenvalue weighted by Gasteiger charge is -2.03. The maximum Gasteiger partial charge on any atom is 0.230 e. The van der Waals surface area contributed by atoms with Crippen LogP contribution in [0.4, 0.5) is 5.69 Å². The van der Waals surface area contributed by atoms with Gasteiger partial charge in [0.1, 0.15) is 0 Å². The molecule has 0 aliphatic rings. The van der Waals surface area contributed by atoms with Crippen molar-refractivity contribution in [2.75, 3.05) is 11.9 Å². The van der Waals surface area contributed by atoms with Gasteiger partial charge in [0.15, 0.2) is 0 Å². The summed E-state index contributed by atoms with van der Waals surface area (Å²) in [6.45, 7) is 1.57. The summed E-state index contributed by atoms with van der Waals surface area (Å²) in [6, 6.07) is 7.28. The van der Waals surface area contributed by atoms with Crippen LogP contribution in [0.25, 0.3) is 0 Å². The smallest absolute Gasteiger partial charge is 0.230 e. The highest BCUT2D eigenvalue weighted by Gasteiger charge is 2.06. The maximum atomic E-state index is 11.2. The van der Waals surface area contributed by atoms with Gasteiger partial charge in [0, 0.05) is 10.6 Å². The molecule has 0 spiro atoms. The highest BCUT2D eigenvalue weighted by atomic mass is 16.6. The molecule has 0 radical (unpaired) electrons. The number of amides is 1. The molecular weight excluding hydrogens is 196 g/mol. The molecule has 0 heterocycles. The van der Waals surface area contributed by atoms with Crippen LogP contribution in [0, 0.1) is 17.0 Å². The standard InChI is InChI=1S/C10H12N2O3/c1-8-3-2-4-9(7-8)11-10(13)5-6-12(14)15/h2-4,7H,5-6H2,1H3,(H,11,13). The van der Waals surface area contributed by atoms with Crippen LogP contribution in [-0.2, 0) is 4.79 Å². The van der Waals surface area contributed by atoms with Gasteiger partial charge in [0.25, 0.3) is 0 Å². The third kappa shape index (κ3) is 4.21. The molecule has 0 aliphatic heterocycles. The zero-order valence-electron chi connectivity index (χ0n) is 8.40. The van der Waals surface area contributed by atoms with Gasteiger partial charge in [0.05, 0.1) is 6.42 Å². The molecule has 80 valence electrons. The second kappa shape index (κ2) is 5.09. The second-order valence-corrected chi connectivity index (χ2v) is 3.22. The first-order valence-corrected chi connectivity index (χ1v) is 4.56. The van der Waals surface area contributed by atoms with Gasteiger partial charge in [-0.2, -0.15) is 0 Å². The summed E-state index contributed by atoms with van der Waals surface area (Å²) < 4.78 is 0. The third-order valence-electron chi connectivity index (χ3n) is 1.82. The minimum absolute atomic E-state index is 0.0963. The highest BCUT2D eigenvalue weighted by molar-refractivity contribution is 5.90. The Morgan fingerprint density at radius 3 is 2.87 bits per heavy atom. The zero-order valence-corrected chi connectivity index (χ0v) is 8.40. The molecule has 1 N–H and O–H groups in total. The summed E-state index contributed by atoms with van der Waals surface area (Å²) in [6.07, 6.45) is -0.0963. The molecule has 0 fully saturated rings. The largest absolute Gasteiger partial charge is 0.326 e. The molecule has 0 unspecified atom stereocenters. The van der Waals surface area contributed by atoms with Crippen LogP contribution in [0.3, 0.4) is 0 Å². The van der Waals surface area contributed by atoms with Gasteiger partial charge in [-0.15, -0.1) is 0 Å². The van der Waals surface area contributed by atoms with E-state index in [0.717, 1.165) is 5.56 Å². The Bertz CT molecular complexity index is 377. The summed E-state index contributed by atoms with van der Waals surface area (Å²) >= 11 is 0. The molecule has 5 nitrogen and oxygen atoms in total. The predicted molar refractivity (Wildman–Crippen MR) is 56.3 cm³/mol. The summed E-state index contributed by atoms with van der Waals surface area (Å²) in [5.41, 5.74) is 1.70. The van der Waals surface area contributed by atoms with Crippen molar-refractivity contribution in [1.29, 1.82) is 0 Å². The van der Waals surface area contributed by atoms with E-state index in [4.69, 9.17) is 0 Å². The number of rotatable bonds is 4. The number of nitro groups is 1. The van der Waals surface area contributed by atoms with Crippen LogP contribution in [0.2, 0.25) is 0 Å². The molecule has 5 heteroatoms. The SMILES string of the molecule is Cc1cccc(NC(=O)CC[N+](=O)[O-])c1. The zero-order chi connectivity index (χ0) is 11.3. The molecule has 0 atom stereocenters. The molecule has 15 heavy (non-hydrogen) atoms. The predicted octanol–water partition coefficient (Wildman–Crippen LogP) is 1.60. The Morgan fingerprint density at radius 2 is 2.27 bits per heavy atom. The lowest BCUT2D eigenvalue weighted by atomic mass is 10.2. The Hall–Kier alpha value is -1.91. The fraction of sp³-hybridized carbons (Fsp3) is 0.300. The molecule has 0 bridgehead atoms. The summed E-state index contributed by atoms with van der Waals surface area (Å²) in [4.78, 5) is 20.7. The molecule has 0 aromatic heterocycles. The molecule has 0 saturated carbocycles. The average molecular weight is 208 g/mol. The van der Waals surface area contributed by atoms with Crippen molar-refractivity contribution in [2.45, 2.75) is 13.3 Å². The first kappa shape index (κ1) is 11.2. The van der Waals surface area contributed by atoms with E-state index in [1.807, 2.05) is 25.1 Å². The van der Waals surface area contributed by atoms with Crippen molar-refractivity contribution >= 4 is 11.6 Å². The van der Waals surface area contributed by atoms with Crippen molar-refractivity contribution in [3.63, 3.8) is 0 Å². The van der Waals surface area contributed by atoms with Crippen molar-refractivity contribution < 1.29 is 9.72 Å². The quantitative estimate of drug-likeness (QED) is 0.603. The fourth-order valence-electron chi connectivity index (χ4n) is 1.14. The van der Waals surface area contributed by atoms with Crippen LogP contribution in [-0.4, -0.2) is 17.4 Å². The van der Waals surface area contributed by atoms with Crippen LogP contribution in [0.5, 0.6) is 0 Å². The van der Waals surface area contributed by atoms with Crippen molar-refractivity contribution in [3.8, 4) is 0 Å². The first-order chi connectivity index (χ1) is 7.08. The molecule has 1 amide bonds. The minimum Gasteiger partial charge on any atom is -0.326 e. The van der Waals surface area contributed by atoms with Crippen LogP contribution < -0.4 is 5.32 Å². The van der Waals surface area contributed by atoms with Gasteiger partial charge in [-0.1, -0.05) is 12.1 Å². The van der Waals surface area contributed by atoms with E-state index in [-0.39, 0.29) is 18.9 Å². The van der Waals surface area contributed by atoms with E-state index < -0.39 is 4.92 Å². The van der Waals surface area contributed by atoms with E-state index in [1.54, 1.807) is 6.07 Å². The molecule has 0 aliphatic carbocycles. The Kier molecular flexibility index (Phi) is 3.79. The molecule has 0 saturated heterocycles. The van der Waals surface area contributed by atoms with Gasteiger partial charge in [-0.3, -0.25) is 14.9 Å². The van der Waals surface area contributed by atoms with E-state index in [9.17, 15) is 14.9 Å². The van der Waals surface area contributed by atoms with Crippen LogP contribution >= 0.6 is 0 Å². The number of nitrogens with zero attached hydrogens (tertiary/aromatic N) is 1. The number of aryl methyl sites for hydroxylation is 1. The lowest BCUT2D eigenvalue weighted by Crippen LogP contribution is -2.16. The van der Waals surface area contributed by atoms with E-state index in [2.05, 4.69) is 5.32 Å². The summed E-state index contributed by atoms with van der Waals surface area (Å²) in [5.74, 6) is -0.336. The van der Waals surface area contributed by atoms with Crippen LogP contribution in [0.1, 0.15) is 12.0 Å². The van der Waals surface area contributed by atoms with Crippen LogP contribution in [0.15, 0.2) is 24.3 Å². The molecule has 1 rings (SSSR count). The van der Waals surface area contributed by atoms with E-state index in [0.29, 0.717) is 5.69 Å². The second-order valence-electron chi connectivity index (χ2n) is 3.22. The number of benzene rings is 1. The Balaban J connectivity index is 2.48. The number of hydrogen-bond donors (Lipinski definition) is 1. The Morgan fingerprint density at radius 1 is 1.53 bits per heavy atom. The normalized spacial score (nSPS) is 9.67. The Labute approximate surface area is 87.3 Å². The van der Waals surface area contributed by atoms with Gasteiger partial charge in [-0.05, 0) is 24.6 Å². The van der Waals surface area contributed by atoms with E-state index >= 15 is 0 Å². The third-order valence-corrected chi connectivity index (χ3v) is 1.82. The average Bonchev–Trinajstić information content (AvgIpc) is 2.15. The van der Waals surface area contributed by atoms with Gasteiger partial charge in [0.2, 0.25) is 12.5 Å². The van der Waals surface area contributed by atoms with Crippen molar-refractivity contribution in [2.24, 2.45) is 0 Å². The summed E-state index contributed by atoms with van der Waals surface area (Å²) in [7, 11) is 0. The van der Waals surface area contributed by atoms with Crippen molar-refractivity contribution in [1.82, 2.24) is 0 Å². The number of anilines is 1. The molecule has 1 aromatic rings. The summed E-state index contributed by atoms with van der Waals surface area (Å²) in [5, 5.41) is 12.6. The number of hydrogen-bond acceptors (Lipinski definition) is 3. The fourth-order valence-corrected chi connectivity index (χ4v) is 1.14. The van der Waals surface area contributed by atoms with E-state index in [1.165, 1.54) is 0 Å². The minimum atomic E-state index is -0.504. The van der Waals surface area contributed by atoms with Crippen molar-refractivity contribution in [3.05, 3.63) is 39.9 Å². The number of carbonyl (C=O) groups is 1. The monoisotopic (exact) mass is 208 g/mol. The number of carbonyl (C=O) groups excluding carboxylic acids is 1. The van der Waals surface area contributed by atoms with Gasteiger partial charge >= 0.3 is 0 Å². The topological polar surface area (TPSA) is 72.2 Å². The highest BCUT2D eigenvalue weighted by Crippen LogP contribution is 2.09. The van der Waals surface area contributed by atoms with Gasteiger partial charge in [-0.25, -0.2) is 0 Å². The molecule has 1 aromatic carbocycles.